The number of fused-ring (bicyclic) bond motifs is 12. The number of benzene rings is 12. The Bertz CT molecular complexity index is 6240. The van der Waals surface area contributed by atoms with Crippen LogP contribution in [0.2, 0.25) is 0 Å². The van der Waals surface area contributed by atoms with Crippen LogP contribution in [0.15, 0.2) is 309 Å². The number of hydrogen-bond donors (Lipinski definition) is 0. The van der Waals surface area contributed by atoms with Crippen molar-refractivity contribution in [3.63, 3.8) is 0 Å². The number of rotatable bonds is 8. The zero-order valence-electron chi connectivity index (χ0n) is 64.3. The van der Waals surface area contributed by atoms with Crippen LogP contribution < -0.4 is 19.6 Å². The van der Waals surface area contributed by atoms with Crippen molar-refractivity contribution < 1.29 is 90.5 Å². The molecule has 1 atom stereocenters. The van der Waals surface area contributed by atoms with Crippen molar-refractivity contribution in [1.29, 1.82) is 0 Å². The topological polar surface area (TPSA) is 77.1 Å². The first kappa shape index (κ1) is 83.7. The summed E-state index contributed by atoms with van der Waals surface area (Å²) >= 11 is 2.27. The van der Waals surface area contributed by atoms with Gasteiger partial charge in [-0.15, -0.1) is 29.5 Å². The van der Waals surface area contributed by atoms with Crippen LogP contribution in [0.5, 0.6) is 0 Å². The molecule has 14 aromatic rings. The molecule has 0 saturated carbocycles. The molecule has 4 radical (unpaired) electrons. The van der Waals surface area contributed by atoms with Gasteiger partial charge < -0.3 is 29.4 Å². The molecule has 0 saturated heterocycles. The average molecular weight is 1980 g/mol. The normalized spacial score (nSPS) is 15.5. The van der Waals surface area contributed by atoms with E-state index in [4.69, 9.17) is 0 Å². The molecule has 0 aliphatic carbocycles. The second-order valence-corrected chi connectivity index (χ2v) is 35.1. The molecule has 12 aromatic carbocycles. The van der Waals surface area contributed by atoms with Crippen LogP contribution in [0, 0.1) is 54.4 Å². The minimum Gasteiger partial charge on any atom is -0.530 e. The maximum atomic E-state index is 12.9. The molecule has 0 N–H and O–H groups in total. The summed E-state index contributed by atoms with van der Waals surface area (Å²) in [7, 11) is 3.75. The number of thiophene rings is 1. The van der Waals surface area contributed by atoms with E-state index in [2.05, 4.69) is 281 Å². The number of para-hydroxylation sites is 4. The van der Waals surface area contributed by atoms with Gasteiger partial charge in [-0.3, -0.25) is 0 Å². The smallest absolute Gasteiger partial charge is 0.530 e. The summed E-state index contributed by atoms with van der Waals surface area (Å²) < 4.78 is 44.2. The molecule has 6 aliphatic heterocycles. The van der Waals surface area contributed by atoms with E-state index in [1.54, 1.807) is 18.2 Å². The molecule has 11 nitrogen and oxygen atoms in total. The molecular weight excluding hydrogens is 1900 g/mol. The van der Waals surface area contributed by atoms with Crippen molar-refractivity contribution in [2.45, 2.75) is 47.3 Å². The second kappa shape index (κ2) is 34.2. The average Bonchev–Trinajstić information content (AvgIpc) is 1.58. The first-order valence-electron chi connectivity index (χ1n) is 36.7. The molecule has 6 aliphatic rings. The van der Waals surface area contributed by atoms with E-state index >= 15 is 0 Å². The van der Waals surface area contributed by atoms with Crippen LogP contribution in [0.25, 0.3) is 84.5 Å². The van der Waals surface area contributed by atoms with Gasteiger partial charge >= 0.3 is 244 Å². The van der Waals surface area contributed by atoms with Crippen molar-refractivity contribution in [3.8, 4) is 22.3 Å². The Balaban J connectivity index is 0.000000132. The van der Waals surface area contributed by atoms with E-state index in [0.717, 1.165) is 111 Å². The molecule has 0 spiro atoms. The zero-order valence-corrected chi connectivity index (χ0v) is 75.0. The quantitative estimate of drug-likeness (QED) is 0.108. The van der Waals surface area contributed by atoms with Gasteiger partial charge in [0, 0.05) is 54.0 Å². The molecule has 0 fully saturated rings. The van der Waals surface area contributed by atoms with E-state index in [1.165, 1.54) is 73.4 Å². The van der Waals surface area contributed by atoms with Crippen LogP contribution >= 0.6 is 11.3 Å². The Morgan fingerprint density at radius 3 is 1.18 bits per heavy atom. The summed E-state index contributed by atoms with van der Waals surface area (Å²) in [6.07, 6.45) is 0. The Labute approximate surface area is 740 Å². The summed E-state index contributed by atoms with van der Waals surface area (Å²) in [5.41, 5.74) is 26.0. The van der Waals surface area contributed by atoms with E-state index in [1.807, 2.05) is 128 Å². The van der Waals surface area contributed by atoms with Crippen LogP contribution in [-0.2, 0) is 98.5 Å². The van der Waals surface area contributed by atoms with E-state index in [9.17, 15) is 12.6 Å². The zero-order chi connectivity index (χ0) is 76.8. The van der Waals surface area contributed by atoms with Gasteiger partial charge in [0.2, 0.25) is 9.84 Å². The van der Waals surface area contributed by atoms with E-state index < -0.39 is 20.6 Å². The van der Waals surface area contributed by atoms with Gasteiger partial charge in [-0.25, -0.2) is 12.6 Å². The molecule has 0 amide bonds. The molecule has 1 unspecified atom stereocenters. The van der Waals surface area contributed by atoms with Crippen molar-refractivity contribution >= 4 is 131 Å². The number of hydrogen-bond acceptors (Lipinski definition) is 12. The Kier molecular flexibility index (Phi) is 24.9. The predicted octanol–water partition coefficient (Wildman–Crippen LogP) is 22.2. The van der Waals surface area contributed by atoms with Crippen LogP contribution in [0.4, 0.5) is 22.7 Å². The molecule has 2 aromatic heterocycles. The maximum absolute atomic E-state index is 12.9. The first-order valence-corrected chi connectivity index (χ1v) is 41.8. The monoisotopic (exact) mass is 1980 g/mol. The molecule has 19 heteroatoms. The van der Waals surface area contributed by atoms with Gasteiger partial charge in [0.25, 0.3) is 0 Å². The number of sulfone groups is 1. The van der Waals surface area contributed by atoms with Gasteiger partial charge in [0.05, 0.1) is 30.4 Å². The SMILES string of the molecule is [CH2-]c1ccccc1N1[CH-]N(C)C(c2ccc3[se]c4ccccc4c3c2)=C1C.[CH2-]c1ccccc1N1[CH-]N(C)C(c2ccc3c(c2)-c2ccccc2S3(=O)=O)=C1C.[CH2-]c1ccccc1N1[CH-]N(C)C(c2ccc3c(c2)-c2ccccc2S3=O)=C1C.[CH2-]c1ccccc1N1[CH-]N(C)C(c2ccc3sc4ccccc4c3c2)=C1C.[Rh+2].[Rh+2].[Rh+2].[Rh+2]. The number of anilines is 4. The summed E-state index contributed by atoms with van der Waals surface area (Å²) in [5.74, 6) is 0. The van der Waals surface area contributed by atoms with E-state index in [0.29, 0.717) is 24.3 Å². The predicted molar refractivity (Wildman–Crippen MR) is 464 cm³/mol. The molecule has 115 heavy (non-hydrogen) atoms. The minimum atomic E-state index is -3.45. The summed E-state index contributed by atoms with van der Waals surface area (Å²) in [5, 5.41) is 5.46. The van der Waals surface area contributed by atoms with E-state index in [-0.39, 0.29) is 77.9 Å². The van der Waals surface area contributed by atoms with Gasteiger partial charge in [0.15, 0.2) is 0 Å². The van der Waals surface area contributed by atoms with Crippen molar-refractivity contribution in [3.05, 3.63) is 389 Å². The van der Waals surface area contributed by atoms with Gasteiger partial charge in [-0.2, -0.15) is 75.7 Å². The van der Waals surface area contributed by atoms with Gasteiger partial charge in [-0.1, -0.05) is 126 Å². The van der Waals surface area contributed by atoms with Gasteiger partial charge in [0.1, 0.15) is 0 Å². The first-order chi connectivity index (χ1) is 53.7. The summed E-state index contributed by atoms with van der Waals surface area (Å²) in [6.45, 7) is 33.7. The molecule has 20 rings (SSSR count). The molecule has 0 bridgehead atoms. The molecule has 8 heterocycles. The van der Waals surface area contributed by atoms with Gasteiger partial charge in [-0.05, 0) is 136 Å². The fraction of sp³-hybridized carbons (Fsp3) is 0.0833. The van der Waals surface area contributed by atoms with Crippen LogP contribution in [-0.4, -0.2) is 74.9 Å². The maximum Gasteiger partial charge on any atom is 2.00 e. The molecule has 582 valence electrons. The Morgan fingerprint density at radius 1 is 0.330 bits per heavy atom. The number of allylic oxidation sites excluding steroid dienone is 4. The summed E-state index contributed by atoms with van der Waals surface area (Å²) in [6, 6.07) is 91.0. The van der Waals surface area contributed by atoms with Crippen molar-refractivity contribution in [1.82, 2.24) is 19.6 Å². The van der Waals surface area contributed by atoms with Crippen LogP contribution in [0.1, 0.15) is 72.2 Å². The standard InChI is InChI=1S/C24H20N2O2S.C24H20N2OS.C24H20N2S.C24H20N2Se.4Rh/c1-16-8-4-6-10-21(16)26-15-25(3)24(17(26)2)18-12-13-23-20(14-18)19-9-5-7-11-22(19)29(23,27)28;1-16-8-4-6-10-21(16)26-15-25(3)24(17(26)2)18-12-13-23-20(14-18)19-9-5-7-11-22(19)28(23)27;2*1-16-8-4-6-10-21(16)26-15-25(3)24(17(26)2)18-12-13-23-20(14-18)19-9-5-7-11-22(19)27-23;;;;/h4-15H,1H2,2-3H3;4-15H,1H2,2-3H3;2*4-15H,1H2,2-3H3;;;;/q4*-2;4*+2. The molecular formula is C96H80N8O3Rh4S3Se. The summed E-state index contributed by atoms with van der Waals surface area (Å²) in [4.78, 5) is 20.0. The fourth-order valence-electron chi connectivity index (χ4n) is 16.3. The van der Waals surface area contributed by atoms with Crippen molar-refractivity contribution in [2.75, 3.05) is 47.8 Å². The minimum absolute atomic E-state index is 0. The van der Waals surface area contributed by atoms with Crippen LogP contribution in [0.3, 0.4) is 0 Å². The third kappa shape index (κ3) is 15.1. The fourth-order valence-corrected chi connectivity index (χ4v) is 22.7. The second-order valence-electron chi connectivity index (χ2n) is 28.4. The Morgan fingerprint density at radius 2 is 0.678 bits per heavy atom. The number of nitrogens with zero attached hydrogens (tertiary/aromatic N) is 8. The third-order valence-electron chi connectivity index (χ3n) is 21.5. The third-order valence-corrected chi connectivity index (χ3v) is 28.5. The Hall–Kier alpha value is -9.19. The van der Waals surface area contributed by atoms with Crippen molar-refractivity contribution in [2.24, 2.45) is 0 Å². The largest absolute Gasteiger partial charge is 2.00 e.